The van der Waals surface area contributed by atoms with E-state index in [2.05, 4.69) is 19.9 Å². The number of aryl methyl sites for hydroxylation is 2. The number of halogens is 1. The Labute approximate surface area is 173 Å². The van der Waals surface area contributed by atoms with Gasteiger partial charge < -0.3 is 4.74 Å². The van der Waals surface area contributed by atoms with Crippen molar-refractivity contribution in [3.63, 3.8) is 0 Å². The van der Waals surface area contributed by atoms with Crippen LogP contribution < -0.4 is 10.3 Å². The average Bonchev–Trinajstić information content (AvgIpc) is 3.16. The van der Waals surface area contributed by atoms with E-state index in [0.717, 1.165) is 16.7 Å². The molecule has 3 heterocycles. The zero-order chi connectivity index (χ0) is 20.5. The first kappa shape index (κ1) is 19.5. The molecule has 7 nitrogen and oxygen atoms in total. The van der Waals surface area contributed by atoms with Gasteiger partial charge in [-0.3, -0.25) is 9.36 Å². The van der Waals surface area contributed by atoms with Crippen LogP contribution in [-0.2, 0) is 5.75 Å². The van der Waals surface area contributed by atoms with Crippen LogP contribution in [-0.4, -0.2) is 31.6 Å². The quantitative estimate of drug-likeness (QED) is 0.353. The summed E-state index contributed by atoms with van der Waals surface area (Å²) in [5.74, 6) is 0.264. The maximum absolute atomic E-state index is 13.6. The monoisotopic (exact) mass is 429 g/mol. The molecule has 0 saturated heterocycles. The van der Waals surface area contributed by atoms with Gasteiger partial charge in [-0.2, -0.15) is 0 Å². The van der Waals surface area contributed by atoms with Crippen molar-refractivity contribution in [1.82, 2.24) is 24.5 Å². The molecule has 1 aromatic carbocycles. The number of fused-ring (bicyclic) bond motifs is 1. The molecule has 0 unspecified atom stereocenters. The molecule has 0 radical (unpaired) electrons. The number of benzene rings is 1. The summed E-state index contributed by atoms with van der Waals surface area (Å²) >= 11 is 2.62. The highest BCUT2D eigenvalue weighted by molar-refractivity contribution is 7.98. The molecule has 0 amide bonds. The number of rotatable bonds is 5. The van der Waals surface area contributed by atoms with Gasteiger partial charge in [0.2, 0.25) is 0 Å². The van der Waals surface area contributed by atoms with E-state index in [4.69, 9.17) is 4.74 Å². The molecule has 0 spiro atoms. The largest absolute Gasteiger partial charge is 0.467 e. The van der Waals surface area contributed by atoms with Gasteiger partial charge in [0.25, 0.3) is 5.56 Å². The number of nitrogens with zero attached hydrogens (tertiary/aromatic N) is 5. The van der Waals surface area contributed by atoms with Gasteiger partial charge in [0.05, 0.1) is 30.7 Å². The number of hydrogen-bond donors (Lipinski definition) is 0. The normalized spacial score (nSPS) is 11.2. The number of thioether (sulfide) groups is 1. The van der Waals surface area contributed by atoms with Crippen LogP contribution in [0, 0.1) is 19.7 Å². The summed E-state index contributed by atoms with van der Waals surface area (Å²) in [5, 5.41) is 0.463. The Kier molecular flexibility index (Phi) is 5.29. The summed E-state index contributed by atoms with van der Waals surface area (Å²) in [5.41, 5.74) is 4.95. The zero-order valence-electron chi connectivity index (χ0n) is 15.8. The number of aromatic nitrogens is 5. The van der Waals surface area contributed by atoms with Crippen molar-refractivity contribution in [1.29, 1.82) is 0 Å². The average molecular weight is 430 g/mol. The molecule has 0 N–H and O–H groups in total. The molecule has 0 saturated carbocycles. The van der Waals surface area contributed by atoms with E-state index < -0.39 is 0 Å². The molecule has 0 aliphatic rings. The summed E-state index contributed by atoms with van der Waals surface area (Å²) in [7, 11) is 1.47. The van der Waals surface area contributed by atoms with Crippen molar-refractivity contribution in [2.24, 2.45) is 0 Å². The van der Waals surface area contributed by atoms with E-state index in [-0.39, 0.29) is 17.4 Å². The molecule has 148 valence electrons. The molecule has 0 atom stereocenters. The van der Waals surface area contributed by atoms with Gasteiger partial charge in [0, 0.05) is 5.75 Å². The minimum absolute atomic E-state index is 0.209. The van der Waals surface area contributed by atoms with Crippen molar-refractivity contribution >= 4 is 33.4 Å². The second-order valence-electron chi connectivity index (χ2n) is 6.27. The predicted octanol–water partition coefficient (Wildman–Crippen LogP) is 3.69. The van der Waals surface area contributed by atoms with Crippen LogP contribution >= 0.6 is 23.1 Å². The molecule has 3 aromatic heterocycles. The molecule has 0 aliphatic carbocycles. The van der Waals surface area contributed by atoms with Crippen LogP contribution in [0.1, 0.15) is 16.7 Å². The standard InChI is InChI=1S/C19H16FN5O2S2/c1-10-4-12(20)5-11(2)14(10)8-28-19-24-16-15(29-9-23-16)17(26)25(19)13-6-21-18(27-3)22-7-13/h4-7,9H,8H2,1-3H3. The third-order valence-corrected chi connectivity index (χ3v) is 6.17. The van der Waals surface area contributed by atoms with E-state index in [9.17, 15) is 9.18 Å². The summed E-state index contributed by atoms with van der Waals surface area (Å²) in [6.07, 6.45) is 3.03. The molecule has 0 fully saturated rings. The van der Waals surface area contributed by atoms with E-state index in [0.29, 0.717) is 26.9 Å². The highest BCUT2D eigenvalue weighted by Crippen LogP contribution is 2.28. The highest BCUT2D eigenvalue weighted by atomic mass is 32.2. The summed E-state index contributed by atoms with van der Waals surface area (Å²) < 4.78 is 20.5. The Bertz CT molecular complexity index is 1230. The van der Waals surface area contributed by atoms with Gasteiger partial charge in [-0.05, 0) is 42.7 Å². The van der Waals surface area contributed by atoms with E-state index in [1.807, 2.05) is 13.8 Å². The summed E-state index contributed by atoms with van der Waals surface area (Å²) in [6.45, 7) is 3.74. The van der Waals surface area contributed by atoms with Crippen molar-refractivity contribution in [2.45, 2.75) is 24.8 Å². The lowest BCUT2D eigenvalue weighted by atomic mass is 10.0. The molecule has 10 heteroatoms. The predicted molar refractivity (Wildman–Crippen MR) is 111 cm³/mol. The minimum atomic E-state index is -0.261. The third kappa shape index (κ3) is 3.73. The Morgan fingerprint density at radius 3 is 2.52 bits per heavy atom. The fraction of sp³-hybridized carbons (Fsp3) is 0.211. The van der Waals surface area contributed by atoms with Crippen molar-refractivity contribution in [2.75, 3.05) is 7.11 Å². The number of methoxy groups -OCH3 is 1. The molecular formula is C19H16FN5O2S2. The molecule has 4 aromatic rings. The van der Waals surface area contributed by atoms with Gasteiger partial charge in [-0.15, -0.1) is 11.3 Å². The third-order valence-electron chi connectivity index (χ3n) is 4.40. The van der Waals surface area contributed by atoms with Gasteiger partial charge >= 0.3 is 6.01 Å². The van der Waals surface area contributed by atoms with Crippen molar-refractivity contribution in [3.05, 3.63) is 62.9 Å². The minimum Gasteiger partial charge on any atom is -0.467 e. The first-order valence-corrected chi connectivity index (χ1v) is 10.5. The lowest BCUT2D eigenvalue weighted by molar-refractivity contribution is 0.379. The second kappa shape index (κ2) is 7.88. The van der Waals surface area contributed by atoms with Crippen molar-refractivity contribution in [3.8, 4) is 11.7 Å². The topological polar surface area (TPSA) is 82.8 Å². The van der Waals surface area contributed by atoms with Crippen molar-refractivity contribution < 1.29 is 9.13 Å². The van der Waals surface area contributed by atoms with Crippen LogP contribution in [0.15, 0.2) is 40.0 Å². The summed E-state index contributed by atoms with van der Waals surface area (Å²) in [6, 6.07) is 3.22. The van der Waals surface area contributed by atoms with Crippen LogP contribution in [0.4, 0.5) is 4.39 Å². The van der Waals surface area contributed by atoms with Gasteiger partial charge in [0.1, 0.15) is 10.5 Å². The van der Waals surface area contributed by atoms with E-state index >= 15 is 0 Å². The SMILES string of the molecule is COc1ncc(-n2c(SCc3c(C)cc(F)cc3C)nc3ncsc3c2=O)cn1. The Morgan fingerprint density at radius 2 is 1.86 bits per heavy atom. The van der Waals surface area contributed by atoms with Crippen LogP contribution in [0.2, 0.25) is 0 Å². The Morgan fingerprint density at radius 1 is 1.17 bits per heavy atom. The van der Waals surface area contributed by atoms with E-state index in [1.165, 1.54) is 59.3 Å². The molecule has 0 aliphatic heterocycles. The Balaban J connectivity index is 1.80. The summed E-state index contributed by atoms with van der Waals surface area (Å²) in [4.78, 5) is 30.0. The maximum atomic E-state index is 13.6. The maximum Gasteiger partial charge on any atom is 0.316 e. The first-order chi connectivity index (χ1) is 14.0. The molecular weight excluding hydrogens is 413 g/mol. The molecule has 0 bridgehead atoms. The zero-order valence-corrected chi connectivity index (χ0v) is 17.5. The molecule has 4 rings (SSSR count). The molecule has 29 heavy (non-hydrogen) atoms. The first-order valence-electron chi connectivity index (χ1n) is 8.59. The van der Waals surface area contributed by atoms with Gasteiger partial charge in [0.15, 0.2) is 10.8 Å². The second-order valence-corrected chi connectivity index (χ2v) is 8.07. The number of thiazole rings is 1. The number of hydrogen-bond acceptors (Lipinski definition) is 8. The fourth-order valence-electron chi connectivity index (χ4n) is 2.95. The van der Waals surface area contributed by atoms with Crippen LogP contribution in [0.5, 0.6) is 6.01 Å². The highest BCUT2D eigenvalue weighted by Gasteiger charge is 2.17. The van der Waals surface area contributed by atoms with Gasteiger partial charge in [-0.1, -0.05) is 11.8 Å². The fourth-order valence-corrected chi connectivity index (χ4v) is 4.81. The smallest absolute Gasteiger partial charge is 0.316 e. The van der Waals surface area contributed by atoms with Gasteiger partial charge in [-0.25, -0.2) is 24.3 Å². The Hall–Kier alpha value is -2.85. The van der Waals surface area contributed by atoms with Crippen LogP contribution in [0.25, 0.3) is 16.0 Å². The van der Waals surface area contributed by atoms with Crippen LogP contribution in [0.3, 0.4) is 0 Å². The number of ether oxygens (including phenoxy) is 1. The van der Waals surface area contributed by atoms with E-state index in [1.54, 1.807) is 5.51 Å². The lowest BCUT2D eigenvalue weighted by Gasteiger charge is -2.13. The lowest BCUT2D eigenvalue weighted by Crippen LogP contribution is -2.21.